The molecule has 2 aromatic carbocycles. The molecule has 1 atom stereocenters. The van der Waals surface area contributed by atoms with E-state index in [-0.39, 0.29) is 17.0 Å². The van der Waals surface area contributed by atoms with Crippen LogP contribution >= 0.6 is 0 Å². The van der Waals surface area contributed by atoms with E-state index in [2.05, 4.69) is 41.8 Å². The van der Waals surface area contributed by atoms with Crippen LogP contribution in [0.3, 0.4) is 0 Å². The van der Waals surface area contributed by atoms with Gasteiger partial charge in [0, 0.05) is 24.5 Å². The summed E-state index contributed by atoms with van der Waals surface area (Å²) in [6.07, 6.45) is -0.878. The Hall–Kier alpha value is -2.59. The Kier molecular flexibility index (Phi) is 10.8. The van der Waals surface area contributed by atoms with Gasteiger partial charge in [-0.3, -0.25) is 4.79 Å². The first kappa shape index (κ1) is 34.7. The number of hydrogen-bond acceptors (Lipinski definition) is 3. The average Bonchev–Trinajstić information content (AvgIpc) is 3.49. The standard InChI is InChI=1S/C36H47F6N3O/c1-3-27-8-9-29(23-28(27)4-2)34(12-18-43-16-10-32(11-17-43)44-14-6-5-7-15-44)13-19-45(25-34)33(46)22-26-20-30(35(37,38)39)24-31(21-26)36(40,41)42/h8-9,20-21,23-24,32H,3-7,10-19,22,25H2,1-2H3/t34-/m1/s1. The number of likely N-dealkylation sites (tertiary alicyclic amines) is 3. The van der Waals surface area contributed by atoms with Crippen LogP contribution in [-0.4, -0.2) is 72.5 Å². The zero-order valence-electron chi connectivity index (χ0n) is 27.1. The van der Waals surface area contributed by atoms with Crippen molar-refractivity contribution in [2.24, 2.45) is 0 Å². The van der Waals surface area contributed by atoms with Gasteiger partial charge in [-0.2, -0.15) is 26.3 Å². The van der Waals surface area contributed by atoms with Crippen molar-refractivity contribution in [2.45, 2.75) is 102 Å². The molecule has 254 valence electrons. The molecule has 46 heavy (non-hydrogen) atoms. The van der Waals surface area contributed by atoms with Gasteiger partial charge in [0.25, 0.3) is 0 Å². The molecule has 10 heteroatoms. The fourth-order valence-electron chi connectivity index (χ4n) is 7.87. The number of piperidine rings is 2. The molecule has 0 N–H and O–H groups in total. The van der Waals surface area contributed by atoms with Crippen molar-refractivity contribution in [1.29, 1.82) is 0 Å². The molecule has 0 aromatic heterocycles. The van der Waals surface area contributed by atoms with Crippen LogP contribution in [0, 0.1) is 0 Å². The third-order valence-electron chi connectivity index (χ3n) is 10.7. The summed E-state index contributed by atoms with van der Waals surface area (Å²) < 4.78 is 80.8. The number of alkyl halides is 6. The molecular formula is C36H47F6N3O. The number of rotatable bonds is 9. The van der Waals surface area contributed by atoms with Crippen LogP contribution in [0.5, 0.6) is 0 Å². The van der Waals surface area contributed by atoms with Crippen LogP contribution < -0.4 is 0 Å². The topological polar surface area (TPSA) is 26.8 Å². The molecule has 4 nitrogen and oxygen atoms in total. The molecule has 3 heterocycles. The number of amides is 1. The number of nitrogens with zero attached hydrogens (tertiary/aromatic N) is 3. The first-order valence-corrected chi connectivity index (χ1v) is 17.0. The number of carbonyl (C=O) groups excluding carboxylic acids is 1. The molecule has 0 spiro atoms. The van der Waals surface area contributed by atoms with Crippen LogP contribution in [0.25, 0.3) is 0 Å². The zero-order chi connectivity index (χ0) is 33.1. The van der Waals surface area contributed by atoms with Crippen molar-refractivity contribution in [2.75, 3.05) is 45.8 Å². The van der Waals surface area contributed by atoms with Crippen molar-refractivity contribution >= 4 is 5.91 Å². The lowest BCUT2D eigenvalue weighted by Crippen LogP contribution is -2.47. The molecule has 1 amide bonds. The summed E-state index contributed by atoms with van der Waals surface area (Å²) >= 11 is 0. The van der Waals surface area contributed by atoms with Gasteiger partial charge in [-0.05, 0) is 125 Å². The lowest BCUT2D eigenvalue weighted by molar-refractivity contribution is -0.143. The normalized spacial score (nSPS) is 22.5. The van der Waals surface area contributed by atoms with Crippen LogP contribution in [0.4, 0.5) is 26.3 Å². The van der Waals surface area contributed by atoms with Gasteiger partial charge in [-0.1, -0.05) is 38.5 Å². The Morgan fingerprint density at radius 3 is 2.02 bits per heavy atom. The molecular weight excluding hydrogens is 604 g/mol. The molecule has 3 fully saturated rings. The van der Waals surface area contributed by atoms with Crippen molar-refractivity contribution < 1.29 is 31.1 Å². The summed E-state index contributed by atoms with van der Waals surface area (Å²) in [5, 5.41) is 0. The highest BCUT2D eigenvalue weighted by atomic mass is 19.4. The second-order valence-electron chi connectivity index (χ2n) is 13.5. The van der Waals surface area contributed by atoms with E-state index in [1.807, 2.05) is 0 Å². The lowest BCUT2D eigenvalue weighted by Gasteiger charge is -2.41. The summed E-state index contributed by atoms with van der Waals surface area (Å²) in [6, 6.07) is 8.69. The SMILES string of the molecule is CCc1ccc([C@]2(CCN3CCC(N4CCCCC4)CC3)CCN(C(=O)Cc3cc(C(F)(F)F)cc(C(F)(F)F)c3)C2)cc1CC. The van der Waals surface area contributed by atoms with Crippen molar-refractivity contribution in [3.63, 3.8) is 0 Å². The fraction of sp³-hybridized carbons (Fsp3) is 0.639. The lowest BCUT2D eigenvalue weighted by atomic mass is 9.75. The molecule has 0 bridgehead atoms. The van der Waals surface area contributed by atoms with Crippen molar-refractivity contribution in [3.05, 3.63) is 69.8 Å². The van der Waals surface area contributed by atoms with E-state index in [0.717, 1.165) is 51.7 Å². The highest BCUT2D eigenvalue weighted by Gasteiger charge is 2.42. The largest absolute Gasteiger partial charge is 0.416 e. The van der Waals surface area contributed by atoms with Gasteiger partial charge in [0.2, 0.25) is 5.91 Å². The highest BCUT2D eigenvalue weighted by Crippen LogP contribution is 2.41. The van der Waals surface area contributed by atoms with Gasteiger partial charge < -0.3 is 14.7 Å². The smallest absolute Gasteiger partial charge is 0.341 e. The number of benzene rings is 2. The minimum absolute atomic E-state index is 0.107. The zero-order valence-corrected chi connectivity index (χ0v) is 27.1. The van der Waals surface area contributed by atoms with Crippen LogP contribution in [0.1, 0.15) is 92.2 Å². The molecule has 3 saturated heterocycles. The molecule has 0 aliphatic carbocycles. The maximum absolute atomic E-state index is 13.5. The van der Waals surface area contributed by atoms with E-state index in [4.69, 9.17) is 0 Å². The number of hydrogen-bond donors (Lipinski definition) is 0. The Labute approximate surface area is 269 Å². The quantitative estimate of drug-likeness (QED) is 0.258. The Morgan fingerprint density at radius 2 is 1.43 bits per heavy atom. The number of carbonyl (C=O) groups is 1. The molecule has 0 saturated carbocycles. The van der Waals surface area contributed by atoms with Gasteiger partial charge >= 0.3 is 12.4 Å². The first-order chi connectivity index (χ1) is 21.8. The summed E-state index contributed by atoms with van der Waals surface area (Å²) in [5.74, 6) is -0.447. The summed E-state index contributed by atoms with van der Waals surface area (Å²) in [6.45, 7) is 10.4. The fourth-order valence-corrected chi connectivity index (χ4v) is 7.87. The van der Waals surface area contributed by atoms with Crippen LogP contribution in [0.2, 0.25) is 0 Å². The maximum Gasteiger partial charge on any atom is 0.416 e. The minimum atomic E-state index is -4.95. The van der Waals surface area contributed by atoms with E-state index >= 15 is 0 Å². The average molecular weight is 652 g/mol. The Morgan fingerprint density at radius 1 is 0.804 bits per heavy atom. The van der Waals surface area contributed by atoms with E-state index < -0.39 is 35.8 Å². The maximum atomic E-state index is 13.5. The van der Waals surface area contributed by atoms with Gasteiger partial charge in [-0.15, -0.1) is 0 Å². The third kappa shape index (κ3) is 8.09. The summed E-state index contributed by atoms with van der Waals surface area (Å²) in [7, 11) is 0. The van der Waals surface area contributed by atoms with Crippen LogP contribution in [0.15, 0.2) is 36.4 Å². The number of aryl methyl sites for hydroxylation is 2. The predicted molar refractivity (Wildman–Crippen MR) is 168 cm³/mol. The van der Waals surface area contributed by atoms with Gasteiger partial charge in [-0.25, -0.2) is 0 Å². The second kappa shape index (κ2) is 14.3. The van der Waals surface area contributed by atoms with E-state index in [0.29, 0.717) is 37.7 Å². The Bertz CT molecular complexity index is 1310. The molecule has 3 aliphatic rings. The van der Waals surface area contributed by atoms with Gasteiger partial charge in [0.15, 0.2) is 0 Å². The predicted octanol–water partition coefficient (Wildman–Crippen LogP) is 7.90. The molecule has 2 aromatic rings. The summed E-state index contributed by atoms with van der Waals surface area (Å²) in [4.78, 5) is 20.4. The van der Waals surface area contributed by atoms with Crippen molar-refractivity contribution in [3.8, 4) is 0 Å². The monoisotopic (exact) mass is 651 g/mol. The van der Waals surface area contributed by atoms with Crippen molar-refractivity contribution in [1.82, 2.24) is 14.7 Å². The summed E-state index contributed by atoms with van der Waals surface area (Å²) in [5.41, 5.74) is 0.328. The second-order valence-corrected chi connectivity index (χ2v) is 13.5. The third-order valence-corrected chi connectivity index (χ3v) is 10.7. The van der Waals surface area contributed by atoms with E-state index in [9.17, 15) is 31.1 Å². The van der Waals surface area contributed by atoms with Crippen LogP contribution in [-0.2, 0) is 41.8 Å². The van der Waals surface area contributed by atoms with Gasteiger partial charge in [0.05, 0.1) is 17.5 Å². The van der Waals surface area contributed by atoms with E-state index in [1.54, 1.807) is 4.90 Å². The van der Waals surface area contributed by atoms with Gasteiger partial charge in [0.1, 0.15) is 0 Å². The highest BCUT2D eigenvalue weighted by molar-refractivity contribution is 5.79. The minimum Gasteiger partial charge on any atom is -0.341 e. The van der Waals surface area contributed by atoms with E-state index in [1.165, 1.54) is 49.0 Å². The molecule has 0 unspecified atom stereocenters. The molecule has 0 radical (unpaired) electrons. The number of halogens is 6. The Balaban J connectivity index is 1.32. The first-order valence-electron chi connectivity index (χ1n) is 17.0. The molecule has 3 aliphatic heterocycles. The molecule has 5 rings (SSSR count).